The van der Waals surface area contributed by atoms with Gasteiger partial charge < -0.3 is 19.9 Å². The van der Waals surface area contributed by atoms with Crippen LogP contribution in [0.3, 0.4) is 0 Å². The molecule has 1 fully saturated rings. The Labute approximate surface area is 243 Å². The zero-order valence-electron chi connectivity index (χ0n) is 24.5. The van der Waals surface area contributed by atoms with Gasteiger partial charge in [0, 0.05) is 24.6 Å². The number of nitrogens with zero attached hydrogens (tertiary/aromatic N) is 2. The van der Waals surface area contributed by atoms with E-state index in [0.717, 1.165) is 19.3 Å². The molecule has 2 heterocycles. The molecular weight excluding hydrogens is 522 g/mol. The van der Waals surface area contributed by atoms with Gasteiger partial charge in [-0.1, -0.05) is 102 Å². The zero-order valence-corrected chi connectivity index (χ0v) is 24.5. The number of nitrogens with one attached hydrogen (secondary N) is 1. The molecule has 0 radical (unpaired) electrons. The van der Waals surface area contributed by atoms with Crippen molar-refractivity contribution in [3.05, 3.63) is 58.6 Å². The van der Waals surface area contributed by atoms with E-state index in [4.69, 9.17) is 9.47 Å². The smallest absolute Gasteiger partial charge is 0.351 e. The van der Waals surface area contributed by atoms with Gasteiger partial charge >= 0.3 is 11.7 Å². The van der Waals surface area contributed by atoms with Crippen molar-refractivity contribution in [2.24, 2.45) is 0 Å². The van der Waals surface area contributed by atoms with Crippen molar-refractivity contribution in [3.8, 4) is 0 Å². The first-order valence-corrected chi connectivity index (χ1v) is 15.4. The minimum absolute atomic E-state index is 0.123. The van der Waals surface area contributed by atoms with Gasteiger partial charge in [0.2, 0.25) is 0 Å². The largest absolute Gasteiger partial charge is 0.459 e. The maximum Gasteiger partial charge on any atom is 0.351 e. The van der Waals surface area contributed by atoms with E-state index in [0.29, 0.717) is 12.0 Å². The number of benzene rings is 1. The molecule has 226 valence electrons. The molecular formula is C32H47N3O6. The lowest BCUT2D eigenvalue weighted by Crippen LogP contribution is -2.30. The number of carbonyl (C=O) groups excluding carboxylic acids is 2. The lowest BCUT2D eigenvalue weighted by Gasteiger charge is -2.16. The van der Waals surface area contributed by atoms with Crippen LogP contribution in [0.25, 0.3) is 0 Å². The summed E-state index contributed by atoms with van der Waals surface area (Å²) in [4.78, 5) is 41.4. The average Bonchev–Trinajstić information content (AvgIpc) is 3.38. The minimum atomic E-state index is -0.736. The van der Waals surface area contributed by atoms with Gasteiger partial charge in [-0.25, -0.2) is 4.79 Å². The second kappa shape index (κ2) is 18.4. The van der Waals surface area contributed by atoms with Gasteiger partial charge in [-0.2, -0.15) is 4.98 Å². The Hall–Kier alpha value is -3.04. The minimum Gasteiger partial charge on any atom is -0.459 e. The second-order valence-electron chi connectivity index (χ2n) is 10.9. The highest BCUT2D eigenvalue weighted by molar-refractivity contribution is 6.03. The van der Waals surface area contributed by atoms with E-state index in [1.165, 1.54) is 81.0 Å². The Morgan fingerprint density at radius 3 is 2.15 bits per heavy atom. The number of carbonyl (C=O) groups is 2. The standard InChI is InChI=1S/C32H47N3O6/c1-2-3-4-5-6-7-8-9-10-11-12-13-17-20-30(37)41-26-23-29(40-27(26)24-36)35-22-21-28(34-32(35)39)33-31(38)25-18-15-14-16-19-25/h14-16,18-19,21-22,26-27,29,36H,2-13,17,20,23-24H2,1H3,(H,33,34,38,39)/t26-,27-,29-/m1/s1. The van der Waals surface area contributed by atoms with Crippen LogP contribution >= 0.6 is 0 Å². The summed E-state index contributed by atoms with van der Waals surface area (Å²) < 4.78 is 12.7. The summed E-state index contributed by atoms with van der Waals surface area (Å²) in [5.41, 5.74) is -0.164. The Bertz CT molecular complexity index is 1110. The van der Waals surface area contributed by atoms with E-state index in [1.807, 2.05) is 6.07 Å². The van der Waals surface area contributed by atoms with Crippen LogP contribution in [0.5, 0.6) is 0 Å². The molecule has 0 aliphatic carbocycles. The summed E-state index contributed by atoms with van der Waals surface area (Å²) in [6, 6.07) is 10.1. The van der Waals surface area contributed by atoms with Crippen LogP contribution in [0.2, 0.25) is 0 Å². The molecule has 0 saturated carbocycles. The summed E-state index contributed by atoms with van der Waals surface area (Å²) in [5.74, 6) is -0.564. The van der Waals surface area contributed by atoms with E-state index in [1.54, 1.807) is 24.3 Å². The molecule has 1 aromatic heterocycles. The number of esters is 1. The molecule has 0 spiro atoms. The third kappa shape index (κ3) is 11.4. The topological polar surface area (TPSA) is 120 Å². The number of hydrogen-bond donors (Lipinski definition) is 2. The predicted molar refractivity (Wildman–Crippen MR) is 159 cm³/mol. The molecule has 9 nitrogen and oxygen atoms in total. The van der Waals surface area contributed by atoms with Crippen LogP contribution in [0.4, 0.5) is 5.82 Å². The Balaban J connectivity index is 1.33. The van der Waals surface area contributed by atoms with Crippen molar-refractivity contribution in [1.82, 2.24) is 9.55 Å². The van der Waals surface area contributed by atoms with Gasteiger partial charge in [0.15, 0.2) is 0 Å². The quantitative estimate of drug-likeness (QED) is 0.153. The number of amides is 1. The molecule has 0 unspecified atom stereocenters. The monoisotopic (exact) mass is 569 g/mol. The molecule has 41 heavy (non-hydrogen) atoms. The van der Waals surface area contributed by atoms with Crippen LogP contribution in [0.15, 0.2) is 47.4 Å². The van der Waals surface area contributed by atoms with Crippen LogP contribution in [0.1, 0.15) is 120 Å². The molecule has 3 atom stereocenters. The van der Waals surface area contributed by atoms with Gasteiger partial charge in [-0.3, -0.25) is 14.2 Å². The van der Waals surface area contributed by atoms with E-state index in [2.05, 4.69) is 17.2 Å². The number of unbranched alkanes of at least 4 members (excludes halogenated alkanes) is 12. The van der Waals surface area contributed by atoms with Gasteiger partial charge in [0.05, 0.1) is 6.61 Å². The van der Waals surface area contributed by atoms with Crippen molar-refractivity contribution in [2.75, 3.05) is 11.9 Å². The number of rotatable bonds is 19. The average molecular weight is 570 g/mol. The predicted octanol–water partition coefficient (Wildman–Crippen LogP) is 6.17. The Kier molecular flexibility index (Phi) is 14.6. The van der Waals surface area contributed by atoms with E-state index in [-0.39, 0.29) is 30.7 Å². The normalized spacial score (nSPS) is 18.3. The second-order valence-corrected chi connectivity index (χ2v) is 10.9. The first kappa shape index (κ1) is 32.5. The Morgan fingerprint density at radius 1 is 0.951 bits per heavy atom. The van der Waals surface area contributed by atoms with Crippen LogP contribution in [0, 0.1) is 0 Å². The summed E-state index contributed by atoms with van der Waals surface area (Å²) in [5, 5.41) is 12.4. The molecule has 9 heteroatoms. The number of aliphatic hydroxyl groups excluding tert-OH is 1. The third-order valence-corrected chi connectivity index (χ3v) is 7.55. The lowest BCUT2D eigenvalue weighted by atomic mass is 10.0. The van der Waals surface area contributed by atoms with Crippen molar-refractivity contribution in [2.45, 2.75) is 122 Å². The molecule has 1 aromatic carbocycles. The maximum absolute atomic E-state index is 12.7. The number of ether oxygens (including phenoxy) is 2. The molecule has 1 aliphatic heterocycles. The zero-order chi connectivity index (χ0) is 29.3. The fraction of sp³-hybridized carbons (Fsp3) is 0.625. The van der Waals surface area contributed by atoms with Crippen LogP contribution in [-0.4, -0.2) is 45.3 Å². The number of hydrogen-bond acceptors (Lipinski definition) is 7. The van der Waals surface area contributed by atoms with Crippen molar-refractivity contribution in [3.63, 3.8) is 0 Å². The van der Waals surface area contributed by atoms with Gasteiger partial charge in [0.1, 0.15) is 24.3 Å². The molecule has 2 aromatic rings. The first-order chi connectivity index (χ1) is 20.0. The fourth-order valence-corrected chi connectivity index (χ4v) is 5.15. The maximum atomic E-state index is 12.7. The summed E-state index contributed by atoms with van der Waals surface area (Å²) in [6.07, 6.45) is 16.0. The molecule has 2 N–H and O–H groups in total. The van der Waals surface area contributed by atoms with Crippen LogP contribution in [-0.2, 0) is 14.3 Å². The summed E-state index contributed by atoms with van der Waals surface area (Å²) >= 11 is 0. The summed E-state index contributed by atoms with van der Waals surface area (Å²) in [6.45, 7) is 1.91. The number of anilines is 1. The van der Waals surface area contributed by atoms with Crippen molar-refractivity contribution >= 4 is 17.7 Å². The number of aliphatic hydroxyl groups is 1. The fourth-order valence-electron chi connectivity index (χ4n) is 5.15. The Morgan fingerprint density at radius 2 is 1.56 bits per heavy atom. The van der Waals surface area contributed by atoms with Gasteiger partial charge in [0.25, 0.3) is 5.91 Å². The van der Waals surface area contributed by atoms with E-state index in [9.17, 15) is 19.5 Å². The van der Waals surface area contributed by atoms with E-state index < -0.39 is 24.1 Å². The first-order valence-electron chi connectivity index (χ1n) is 15.4. The SMILES string of the molecule is CCCCCCCCCCCCCCCC(=O)O[C@@H]1C[C@H](n2ccc(NC(=O)c3ccccc3)nc2=O)O[C@@H]1CO. The van der Waals surface area contributed by atoms with Crippen molar-refractivity contribution in [1.29, 1.82) is 0 Å². The molecule has 1 aliphatic rings. The number of aromatic nitrogens is 2. The van der Waals surface area contributed by atoms with Gasteiger partial charge in [-0.05, 0) is 24.6 Å². The molecule has 1 saturated heterocycles. The molecule has 3 rings (SSSR count). The summed E-state index contributed by atoms with van der Waals surface area (Å²) in [7, 11) is 0. The highest BCUT2D eigenvalue weighted by atomic mass is 16.6. The van der Waals surface area contributed by atoms with E-state index >= 15 is 0 Å². The van der Waals surface area contributed by atoms with Crippen LogP contribution < -0.4 is 11.0 Å². The lowest BCUT2D eigenvalue weighted by molar-refractivity contribution is -0.153. The highest BCUT2D eigenvalue weighted by Crippen LogP contribution is 2.30. The van der Waals surface area contributed by atoms with Crippen molar-refractivity contribution < 1.29 is 24.2 Å². The molecule has 0 bridgehead atoms. The van der Waals surface area contributed by atoms with Gasteiger partial charge in [-0.15, -0.1) is 0 Å². The molecule has 1 amide bonds. The highest BCUT2D eigenvalue weighted by Gasteiger charge is 2.39. The third-order valence-electron chi connectivity index (χ3n) is 7.55.